The van der Waals surface area contributed by atoms with Crippen LogP contribution in [0.1, 0.15) is 0 Å². The molecule has 2 N–H and O–H groups in total. The Balaban J connectivity index is 2.93. The summed E-state index contributed by atoms with van der Waals surface area (Å²) in [5.74, 6) is -0.236. The molecule has 0 atom stereocenters. The van der Waals surface area contributed by atoms with Crippen molar-refractivity contribution in [2.75, 3.05) is 0 Å². The molecule has 0 aliphatic heterocycles. The van der Waals surface area contributed by atoms with Crippen molar-refractivity contribution in [1.82, 2.24) is 4.98 Å². The fraction of sp³-hybridized carbons (Fsp3) is 0. The van der Waals surface area contributed by atoms with E-state index < -0.39 is 0 Å². The topological polar surface area (TPSA) is 29.9 Å². The lowest BCUT2D eigenvalue weighted by Crippen LogP contribution is -2.03. The summed E-state index contributed by atoms with van der Waals surface area (Å²) in [6.07, 6.45) is 3.25. The molecule has 0 fully saturated rings. The smallest absolute Gasteiger partial charge is 0.247 e. The van der Waals surface area contributed by atoms with Gasteiger partial charge in [-0.25, -0.2) is 14.4 Å². The molecule has 2 heterocycles. The second kappa shape index (κ2) is 2.30. The Morgan fingerprint density at radius 2 is 2.36 bits per heavy atom. The predicted molar refractivity (Wildman–Crippen MR) is 42.5 cm³/mol. The van der Waals surface area contributed by atoms with Crippen LogP contribution in [0.2, 0.25) is 0 Å². The highest BCUT2D eigenvalue weighted by atomic mass is 79.9. The molecule has 0 radical (unpaired) electrons. The second-order valence-electron chi connectivity index (χ2n) is 2.22. The predicted octanol–water partition coefficient (Wildman–Crippen LogP) is 1.88. The van der Waals surface area contributed by atoms with Crippen molar-refractivity contribution in [3.63, 3.8) is 0 Å². The normalized spacial score (nSPS) is 10.7. The molecule has 4 heteroatoms. The minimum absolute atomic E-state index is 0.236. The average Bonchev–Trinajstić information content (AvgIpc) is 2.45. The molecule has 0 aliphatic rings. The lowest BCUT2D eigenvalue weighted by molar-refractivity contribution is -0.348. The van der Waals surface area contributed by atoms with Crippen LogP contribution in [-0.4, -0.2) is 4.98 Å². The van der Waals surface area contributed by atoms with Crippen molar-refractivity contribution in [2.24, 2.45) is 0 Å². The second-order valence-corrected chi connectivity index (χ2v) is 3.07. The van der Waals surface area contributed by atoms with Crippen LogP contribution in [-0.2, 0) is 0 Å². The molecule has 0 saturated carbocycles. The number of pyridine rings is 1. The van der Waals surface area contributed by atoms with E-state index in [9.17, 15) is 4.39 Å². The number of aromatic amines is 2. The Kier molecular flexibility index (Phi) is 1.42. The highest BCUT2D eigenvalue weighted by Gasteiger charge is 2.09. The molecule has 0 amide bonds. The Labute approximate surface area is 70.6 Å². The van der Waals surface area contributed by atoms with Crippen LogP contribution in [0.25, 0.3) is 11.0 Å². The van der Waals surface area contributed by atoms with Crippen molar-refractivity contribution in [3.8, 4) is 0 Å². The summed E-state index contributed by atoms with van der Waals surface area (Å²) in [6.45, 7) is 0. The van der Waals surface area contributed by atoms with Crippen molar-refractivity contribution in [3.05, 3.63) is 28.7 Å². The van der Waals surface area contributed by atoms with Gasteiger partial charge in [-0.05, 0) is 22.0 Å². The average molecular weight is 216 g/mol. The van der Waals surface area contributed by atoms with Gasteiger partial charge < -0.3 is 0 Å². The summed E-state index contributed by atoms with van der Waals surface area (Å²) >= 11 is 3.08. The van der Waals surface area contributed by atoms with Crippen molar-refractivity contribution in [1.29, 1.82) is 0 Å². The number of hydrogen-bond acceptors (Lipinski definition) is 0. The largest absolute Gasteiger partial charge is 0.287 e. The van der Waals surface area contributed by atoms with Crippen LogP contribution in [0.15, 0.2) is 22.9 Å². The maximum Gasteiger partial charge on any atom is 0.287 e. The molecule has 2 rings (SSSR count). The number of H-pyrrole nitrogens is 2. The van der Waals surface area contributed by atoms with E-state index in [0.717, 1.165) is 0 Å². The first kappa shape index (κ1) is 6.79. The van der Waals surface area contributed by atoms with Gasteiger partial charge in [0.25, 0.3) is 5.65 Å². The molecular weight excluding hydrogens is 211 g/mol. The third-order valence-electron chi connectivity index (χ3n) is 1.54. The molecule has 0 aromatic carbocycles. The molecule has 0 spiro atoms. The van der Waals surface area contributed by atoms with Crippen molar-refractivity contribution < 1.29 is 9.37 Å². The van der Waals surface area contributed by atoms with Gasteiger partial charge in [0, 0.05) is 0 Å². The maximum atomic E-state index is 13.1. The van der Waals surface area contributed by atoms with Gasteiger partial charge >= 0.3 is 0 Å². The summed E-state index contributed by atoms with van der Waals surface area (Å²) in [5.41, 5.74) is 0.700. The van der Waals surface area contributed by atoms with E-state index in [0.29, 0.717) is 15.5 Å². The zero-order valence-electron chi connectivity index (χ0n) is 5.49. The van der Waals surface area contributed by atoms with Crippen molar-refractivity contribution in [2.45, 2.75) is 0 Å². The molecule has 2 aromatic rings. The number of halogens is 2. The summed E-state index contributed by atoms with van der Waals surface area (Å²) in [5, 5.41) is 0.569. The van der Waals surface area contributed by atoms with Gasteiger partial charge in [0.2, 0.25) is 0 Å². The highest BCUT2D eigenvalue weighted by molar-refractivity contribution is 9.10. The first-order valence-electron chi connectivity index (χ1n) is 3.12. The molecular formula is C7H5BrFN2+. The van der Waals surface area contributed by atoms with Crippen molar-refractivity contribution >= 4 is 27.0 Å². The minimum Gasteiger partial charge on any atom is -0.247 e. The highest BCUT2D eigenvalue weighted by Crippen LogP contribution is 2.19. The summed E-state index contributed by atoms with van der Waals surface area (Å²) in [4.78, 5) is 5.77. The SMILES string of the molecule is Fc1c(Br)c[nH+]c2[nH]ccc12. The first-order valence-corrected chi connectivity index (χ1v) is 3.91. The molecule has 2 aromatic heterocycles. The lowest BCUT2D eigenvalue weighted by atomic mass is 10.3. The van der Waals surface area contributed by atoms with Gasteiger partial charge in [-0.15, -0.1) is 0 Å². The first-order chi connectivity index (χ1) is 5.29. The molecule has 0 saturated heterocycles. The zero-order chi connectivity index (χ0) is 7.84. The van der Waals surface area contributed by atoms with Crippen LogP contribution in [0.4, 0.5) is 4.39 Å². The van der Waals surface area contributed by atoms with Gasteiger partial charge in [-0.2, -0.15) is 0 Å². The van der Waals surface area contributed by atoms with Gasteiger partial charge in [-0.3, -0.25) is 0 Å². The lowest BCUT2D eigenvalue weighted by Gasteiger charge is -1.89. The van der Waals surface area contributed by atoms with Crippen LogP contribution >= 0.6 is 15.9 Å². The summed E-state index contributed by atoms with van der Waals surface area (Å²) in [7, 11) is 0. The zero-order valence-corrected chi connectivity index (χ0v) is 7.07. The number of aromatic nitrogens is 2. The maximum absolute atomic E-state index is 13.1. The van der Waals surface area contributed by atoms with Gasteiger partial charge in [0.1, 0.15) is 11.6 Å². The van der Waals surface area contributed by atoms with Crippen LogP contribution in [0.5, 0.6) is 0 Å². The summed E-state index contributed by atoms with van der Waals surface area (Å²) < 4.78 is 13.6. The quantitative estimate of drug-likeness (QED) is 0.696. The molecule has 56 valence electrons. The van der Waals surface area contributed by atoms with E-state index in [4.69, 9.17) is 0 Å². The minimum atomic E-state index is -0.236. The van der Waals surface area contributed by atoms with Crippen LogP contribution in [0.3, 0.4) is 0 Å². The number of nitrogens with one attached hydrogen (secondary N) is 2. The van der Waals surface area contributed by atoms with E-state index >= 15 is 0 Å². The molecule has 0 aliphatic carbocycles. The Bertz CT molecular complexity index is 396. The van der Waals surface area contributed by atoms with E-state index in [1.807, 2.05) is 0 Å². The number of fused-ring (bicyclic) bond motifs is 1. The standard InChI is InChI=1S/C7H4BrFN2/c8-5-3-11-7-4(6(5)9)1-2-10-7/h1-3H,(H,10,11)/p+1. The molecule has 11 heavy (non-hydrogen) atoms. The summed E-state index contributed by atoms with van der Waals surface area (Å²) in [6, 6.07) is 1.69. The van der Waals surface area contributed by atoms with E-state index in [1.165, 1.54) is 0 Å². The Morgan fingerprint density at radius 1 is 1.55 bits per heavy atom. The van der Waals surface area contributed by atoms with E-state index in [1.54, 1.807) is 18.5 Å². The molecule has 2 nitrogen and oxygen atoms in total. The number of rotatable bonds is 0. The van der Waals surface area contributed by atoms with Crippen LogP contribution in [0, 0.1) is 5.82 Å². The van der Waals surface area contributed by atoms with Gasteiger partial charge in [0.15, 0.2) is 5.82 Å². The fourth-order valence-corrected chi connectivity index (χ4v) is 1.33. The number of hydrogen-bond donors (Lipinski definition) is 1. The van der Waals surface area contributed by atoms with Crippen LogP contribution < -0.4 is 4.98 Å². The Morgan fingerprint density at radius 3 is 3.18 bits per heavy atom. The Hall–Kier alpha value is -0.900. The van der Waals surface area contributed by atoms with E-state index in [-0.39, 0.29) is 5.82 Å². The third-order valence-corrected chi connectivity index (χ3v) is 2.11. The van der Waals surface area contributed by atoms with Gasteiger partial charge in [-0.1, -0.05) is 0 Å². The molecule has 0 unspecified atom stereocenters. The third kappa shape index (κ3) is 0.939. The van der Waals surface area contributed by atoms with Gasteiger partial charge in [0.05, 0.1) is 10.7 Å². The van der Waals surface area contributed by atoms with E-state index in [2.05, 4.69) is 25.9 Å². The monoisotopic (exact) mass is 215 g/mol. The fourth-order valence-electron chi connectivity index (χ4n) is 0.999. The molecule has 0 bridgehead atoms.